The molecule has 1 nitrogen and oxygen atoms in total. The van der Waals surface area contributed by atoms with Crippen LogP contribution in [0, 0.1) is 17.1 Å². The second-order valence-corrected chi connectivity index (χ2v) is 5.08. The summed E-state index contributed by atoms with van der Waals surface area (Å²) in [6, 6.07) is 15.4. The molecular formula is C15H8BrClFN. The van der Waals surface area contributed by atoms with Crippen LogP contribution >= 0.6 is 27.5 Å². The van der Waals surface area contributed by atoms with Gasteiger partial charge in [0.05, 0.1) is 10.6 Å². The fourth-order valence-electron chi connectivity index (χ4n) is 1.65. The molecule has 0 spiro atoms. The molecular weight excluding hydrogens is 329 g/mol. The Morgan fingerprint density at radius 3 is 2.47 bits per heavy atom. The molecule has 4 heteroatoms. The molecule has 0 aliphatic carbocycles. The molecule has 0 saturated heterocycles. The molecule has 0 aliphatic heterocycles. The van der Waals surface area contributed by atoms with Crippen LogP contribution in [0.3, 0.4) is 0 Å². The van der Waals surface area contributed by atoms with Crippen molar-refractivity contribution >= 4 is 38.1 Å². The minimum Gasteiger partial charge on any atom is -0.206 e. The van der Waals surface area contributed by atoms with E-state index in [9.17, 15) is 9.65 Å². The summed E-state index contributed by atoms with van der Waals surface area (Å²) in [6.45, 7) is 0. The first-order chi connectivity index (χ1) is 9.13. The van der Waals surface area contributed by atoms with Gasteiger partial charge in [-0.1, -0.05) is 57.9 Å². The third-order valence-corrected chi connectivity index (χ3v) is 3.44. The second kappa shape index (κ2) is 6.01. The van der Waals surface area contributed by atoms with E-state index in [1.807, 2.05) is 12.1 Å². The number of allylic oxidation sites excluding steroid dienone is 1. The normalized spacial score (nSPS) is 11.7. The lowest BCUT2D eigenvalue weighted by Gasteiger charge is -2.06. The molecule has 0 unspecified atom stereocenters. The van der Waals surface area contributed by atoms with E-state index in [-0.39, 0.29) is 16.2 Å². The van der Waals surface area contributed by atoms with Gasteiger partial charge in [0, 0.05) is 10.0 Å². The predicted octanol–water partition coefficient (Wildman–Crippen LogP) is 5.22. The van der Waals surface area contributed by atoms with Crippen molar-refractivity contribution in [3.05, 3.63) is 69.9 Å². The van der Waals surface area contributed by atoms with Crippen LogP contribution in [0.1, 0.15) is 11.1 Å². The summed E-state index contributed by atoms with van der Waals surface area (Å²) in [4.78, 5) is 0. The molecule has 0 N–H and O–H groups in total. The number of nitriles is 1. The maximum absolute atomic E-state index is 13.8. The Hall–Kier alpha value is -1.63. The van der Waals surface area contributed by atoms with Gasteiger partial charge in [-0.15, -0.1) is 0 Å². The van der Waals surface area contributed by atoms with Gasteiger partial charge in [-0.25, -0.2) is 4.39 Å². The molecule has 2 aromatic rings. The molecule has 0 heterocycles. The Labute approximate surface area is 124 Å². The van der Waals surface area contributed by atoms with Gasteiger partial charge in [-0.3, -0.25) is 0 Å². The average Bonchev–Trinajstić information content (AvgIpc) is 2.43. The van der Waals surface area contributed by atoms with Gasteiger partial charge in [0.2, 0.25) is 0 Å². The van der Waals surface area contributed by atoms with Crippen LogP contribution in [-0.4, -0.2) is 0 Å². The number of halogens is 3. The fourth-order valence-corrected chi connectivity index (χ4v) is 2.30. The second-order valence-electron chi connectivity index (χ2n) is 3.79. The first-order valence-electron chi connectivity index (χ1n) is 5.44. The van der Waals surface area contributed by atoms with Crippen LogP contribution in [0.4, 0.5) is 4.39 Å². The van der Waals surface area contributed by atoms with E-state index in [1.54, 1.807) is 36.4 Å². The van der Waals surface area contributed by atoms with Gasteiger partial charge in [0.15, 0.2) is 0 Å². The summed E-state index contributed by atoms with van der Waals surface area (Å²) in [6.07, 6.45) is 0. The summed E-state index contributed by atoms with van der Waals surface area (Å²) in [7, 11) is 0. The van der Waals surface area contributed by atoms with Crippen molar-refractivity contribution < 1.29 is 4.39 Å². The number of benzene rings is 2. The highest BCUT2D eigenvalue weighted by Crippen LogP contribution is 2.32. The van der Waals surface area contributed by atoms with Crippen molar-refractivity contribution in [2.75, 3.05) is 0 Å². The van der Waals surface area contributed by atoms with Crippen molar-refractivity contribution in [2.45, 2.75) is 0 Å². The predicted molar refractivity (Wildman–Crippen MR) is 78.8 cm³/mol. The molecule has 0 atom stereocenters. The van der Waals surface area contributed by atoms with Crippen LogP contribution in [0.2, 0.25) is 0 Å². The maximum Gasteiger partial charge on any atom is 0.132 e. The molecule has 19 heavy (non-hydrogen) atoms. The lowest BCUT2D eigenvalue weighted by atomic mass is 10.0. The van der Waals surface area contributed by atoms with Crippen molar-refractivity contribution in [1.82, 2.24) is 0 Å². The van der Waals surface area contributed by atoms with Crippen LogP contribution in [-0.2, 0) is 0 Å². The van der Waals surface area contributed by atoms with Crippen molar-refractivity contribution in [3.63, 3.8) is 0 Å². The van der Waals surface area contributed by atoms with E-state index >= 15 is 0 Å². The molecule has 0 radical (unpaired) electrons. The molecule has 0 aliphatic rings. The number of hydrogen-bond acceptors (Lipinski definition) is 1. The van der Waals surface area contributed by atoms with E-state index in [4.69, 9.17) is 11.6 Å². The van der Waals surface area contributed by atoms with E-state index in [1.165, 1.54) is 6.07 Å². The standard InChI is InChI=1S/C15H8BrClFN/c16-11-6-7-14(18)12(8-11)15(17)13(9-19)10-4-2-1-3-5-10/h1-8H. The van der Waals surface area contributed by atoms with Crippen molar-refractivity contribution in [1.29, 1.82) is 5.26 Å². The van der Waals surface area contributed by atoms with Crippen LogP contribution in [0.25, 0.3) is 10.6 Å². The smallest absolute Gasteiger partial charge is 0.132 e. The highest BCUT2D eigenvalue weighted by Gasteiger charge is 2.13. The monoisotopic (exact) mass is 335 g/mol. The molecule has 0 fully saturated rings. The van der Waals surface area contributed by atoms with Gasteiger partial charge < -0.3 is 0 Å². The Bertz CT molecular complexity index is 674. The Kier molecular flexibility index (Phi) is 4.36. The topological polar surface area (TPSA) is 23.8 Å². The van der Waals surface area contributed by atoms with Crippen LogP contribution in [0.15, 0.2) is 53.0 Å². The fraction of sp³-hybridized carbons (Fsp3) is 0. The quantitative estimate of drug-likeness (QED) is 0.545. The van der Waals surface area contributed by atoms with Crippen molar-refractivity contribution in [2.24, 2.45) is 0 Å². The summed E-state index contributed by atoms with van der Waals surface area (Å²) in [5.74, 6) is -0.461. The lowest BCUT2D eigenvalue weighted by Crippen LogP contribution is -1.90. The van der Waals surface area contributed by atoms with Crippen LogP contribution in [0.5, 0.6) is 0 Å². The van der Waals surface area contributed by atoms with Gasteiger partial charge in [-0.05, 0) is 23.8 Å². The van der Waals surface area contributed by atoms with Crippen LogP contribution < -0.4 is 0 Å². The zero-order valence-electron chi connectivity index (χ0n) is 9.70. The zero-order chi connectivity index (χ0) is 13.8. The Morgan fingerprint density at radius 2 is 1.84 bits per heavy atom. The summed E-state index contributed by atoms with van der Waals surface area (Å²) >= 11 is 9.44. The number of hydrogen-bond donors (Lipinski definition) is 0. The average molecular weight is 337 g/mol. The third kappa shape index (κ3) is 3.04. The highest BCUT2D eigenvalue weighted by molar-refractivity contribution is 9.10. The number of rotatable bonds is 2. The van der Waals surface area contributed by atoms with Gasteiger partial charge in [0.25, 0.3) is 0 Å². The Balaban J connectivity index is 2.62. The van der Waals surface area contributed by atoms with Crippen molar-refractivity contribution in [3.8, 4) is 6.07 Å². The highest BCUT2D eigenvalue weighted by atomic mass is 79.9. The largest absolute Gasteiger partial charge is 0.206 e. The van der Waals surface area contributed by atoms with E-state index in [0.29, 0.717) is 10.0 Å². The van der Waals surface area contributed by atoms with E-state index in [0.717, 1.165) is 0 Å². The zero-order valence-corrected chi connectivity index (χ0v) is 12.0. The van der Waals surface area contributed by atoms with Gasteiger partial charge in [-0.2, -0.15) is 5.26 Å². The van der Waals surface area contributed by atoms with Gasteiger partial charge in [0.1, 0.15) is 11.9 Å². The minimum atomic E-state index is -0.461. The lowest BCUT2D eigenvalue weighted by molar-refractivity contribution is 0.624. The maximum atomic E-state index is 13.8. The molecule has 0 aromatic heterocycles. The first-order valence-corrected chi connectivity index (χ1v) is 6.61. The molecule has 0 bridgehead atoms. The SMILES string of the molecule is N#CC(=C(Cl)c1cc(Br)ccc1F)c1ccccc1. The molecule has 2 aromatic carbocycles. The third-order valence-electron chi connectivity index (χ3n) is 2.56. The van der Waals surface area contributed by atoms with E-state index in [2.05, 4.69) is 15.9 Å². The van der Waals surface area contributed by atoms with Gasteiger partial charge >= 0.3 is 0 Å². The molecule has 2 rings (SSSR count). The Morgan fingerprint density at radius 1 is 1.16 bits per heavy atom. The summed E-state index contributed by atoms with van der Waals surface area (Å²) in [5, 5.41) is 9.35. The molecule has 94 valence electrons. The first kappa shape index (κ1) is 13.8. The summed E-state index contributed by atoms with van der Waals surface area (Å²) < 4.78 is 14.5. The minimum absolute atomic E-state index is 0.104. The summed E-state index contributed by atoms with van der Waals surface area (Å²) in [5.41, 5.74) is 1.12. The molecule has 0 amide bonds. The molecule has 0 saturated carbocycles. The number of nitrogens with zero attached hydrogens (tertiary/aromatic N) is 1. The van der Waals surface area contributed by atoms with E-state index < -0.39 is 5.82 Å².